The molecule has 0 spiro atoms. The fourth-order valence-electron chi connectivity index (χ4n) is 4.07. The third kappa shape index (κ3) is 3.61. The lowest BCUT2D eigenvalue weighted by Gasteiger charge is -2.35. The molecule has 0 unspecified atom stereocenters. The Morgan fingerprint density at radius 1 is 1.00 bits per heavy atom. The van der Waals surface area contributed by atoms with Crippen molar-refractivity contribution in [2.45, 2.75) is 25.7 Å². The van der Waals surface area contributed by atoms with E-state index in [1.807, 2.05) is 29.2 Å². The van der Waals surface area contributed by atoms with Crippen molar-refractivity contribution in [2.75, 3.05) is 33.3 Å². The van der Waals surface area contributed by atoms with E-state index in [9.17, 15) is 9.59 Å². The number of ether oxygens (including phenoxy) is 1. The van der Waals surface area contributed by atoms with E-state index in [2.05, 4.69) is 4.98 Å². The SMILES string of the molecule is COc1ccc2nc(C(=O)N3CCN(C(=O)C4CCCC4)CC3)ccc2c1. The Morgan fingerprint density at radius 3 is 2.41 bits per heavy atom. The summed E-state index contributed by atoms with van der Waals surface area (Å²) in [5, 5.41) is 0.942. The Balaban J connectivity index is 1.41. The minimum atomic E-state index is -0.0688. The highest BCUT2D eigenvalue weighted by Gasteiger charge is 2.31. The highest BCUT2D eigenvalue weighted by molar-refractivity contribution is 5.95. The lowest BCUT2D eigenvalue weighted by molar-refractivity contribution is -0.136. The van der Waals surface area contributed by atoms with Crippen LogP contribution in [0.4, 0.5) is 0 Å². The van der Waals surface area contributed by atoms with Gasteiger partial charge in [0, 0.05) is 37.5 Å². The van der Waals surface area contributed by atoms with Crippen LogP contribution in [0.2, 0.25) is 0 Å². The summed E-state index contributed by atoms with van der Waals surface area (Å²) in [6.45, 7) is 2.37. The number of carbonyl (C=O) groups is 2. The topological polar surface area (TPSA) is 62.7 Å². The van der Waals surface area contributed by atoms with Gasteiger partial charge in [0.05, 0.1) is 12.6 Å². The second-order valence-electron chi connectivity index (χ2n) is 7.35. The van der Waals surface area contributed by atoms with Crippen LogP contribution in [0.25, 0.3) is 10.9 Å². The molecule has 27 heavy (non-hydrogen) atoms. The minimum Gasteiger partial charge on any atom is -0.497 e. The first kappa shape index (κ1) is 17.8. The maximum Gasteiger partial charge on any atom is 0.272 e. The van der Waals surface area contributed by atoms with E-state index in [0.717, 1.165) is 42.3 Å². The standard InChI is InChI=1S/C21H25N3O3/c1-27-17-7-9-18-16(14-17)6-8-19(22-18)21(26)24-12-10-23(11-13-24)20(25)15-4-2-3-5-15/h6-9,14-15H,2-5,10-13H2,1H3. The number of aromatic nitrogens is 1. The van der Waals surface area contributed by atoms with Crippen molar-refractivity contribution in [3.63, 3.8) is 0 Å². The first-order valence-electron chi connectivity index (χ1n) is 9.68. The van der Waals surface area contributed by atoms with Gasteiger partial charge in [-0.15, -0.1) is 0 Å². The van der Waals surface area contributed by atoms with Crippen LogP contribution >= 0.6 is 0 Å². The molecule has 1 saturated carbocycles. The van der Waals surface area contributed by atoms with Crippen molar-refractivity contribution in [1.82, 2.24) is 14.8 Å². The molecule has 0 N–H and O–H groups in total. The molecule has 2 amide bonds. The zero-order valence-electron chi connectivity index (χ0n) is 15.7. The van der Waals surface area contributed by atoms with Gasteiger partial charge in [0.2, 0.25) is 5.91 Å². The second-order valence-corrected chi connectivity index (χ2v) is 7.35. The molecule has 2 fully saturated rings. The molecule has 1 aliphatic heterocycles. The summed E-state index contributed by atoms with van der Waals surface area (Å²) in [6.07, 6.45) is 4.36. The molecule has 6 heteroatoms. The summed E-state index contributed by atoms with van der Waals surface area (Å²) in [4.78, 5) is 33.6. The number of fused-ring (bicyclic) bond motifs is 1. The van der Waals surface area contributed by atoms with Crippen molar-refractivity contribution in [2.24, 2.45) is 5.92 Å². The van der Waals surface area contributed by atoms with E-state index >= 15 is 0 Å². The summed E-state index contributed by atoms with van der Waals surface area (Å²) in [5.74, 6) is 1.18. The molecule has 0 atom stereocenters. The third-order valence-corrected chi connectivity index (χ3v) is 5.70. The monoisotopic (exact) mass is 367 g/mol. The summed E-state index contributed by atoms with van der Waals surface area (Å²) in [5.41, 5.74) is 1.22. The number of nitrogens with zero attached hydrogens (tertiary/aromatic N) is 3. The number of hydrogen-bond acceptors (Lipinski definition) is 4. The van der Waals surface area contributed by atoms with Gasteiger partial charge in [0.15, 0.2) is 0 Å². The molecule has 0 radical (unpaired) electrons. The van der Waals surface area contributed by atoms with Gasteiger partial charge in [-0.25, -0.2) is 4.98 Å². The van der Waals surface area contributed by atoms with E-state index in [4.69, 9.17) is 4.74 Å². The predicted molar refractivity (Wildman–Crippen MR) is 103 cm³/mol. The maximum absolute atomic E-state index is 12.8. The number of hydrogen-bond donors (Lipinski definition) is 0. The van der Waals surface area contributed by atoms with Crippen molar-refractivity contribution in [3.8, 4) is 5.75 Å². The highest BCUT2D eigenvalue weighted by atomic mass is 16.5. The number of carbonyl (C=O) groups excluding carboxylic acids is 2. The van der Waals surface area contributed by atoms with E-state index in [-0.39, 0.29) is 17.7 Å². The number of benzene rings is 1. The summed E-state index contributed by atoms with van der Waals surface area (Å²) in [7, 11) is 1.63. The first-order chi connectivity index (χ1) is 13.2. The van der Waals surface area contributed by atoms with Crippen molar-refractivity contribution < 1.29 is 14.3 Å². The number of amides is 2. The lowest BCUT2D eigenvalue weighted by atomic mass is 10.1. The Morgan fingerprint density at radius 2 is 1.70 bits per heavy atom. The third-order valence-electron chi connectivity index (χ3n) is 5.70. The van der Waals surface area contributed by atoms with Gasteiger partial charge in [-0.2, -0.15) is 0 Å². The summed E-state index contributed by atoms with van der Waals surface area (Å²) in [6, 6.07) is 9.28. The smallest absolute Gasteiger partial charge is 0.272 e. The molecule has 2 aromatic rings. The normalized spacial score (nSPS) is 18.1. The zero-order valence-corrected chi connectivity index (χ0v) is 15.7. The number of rotatable bonds is 3. The summed E-state index contributed by atoms with van der Waals surface area (Å²) < 4.78 is 5.23. The molecule has 2 aliphatic rings. The fraction of sp³-hybridized carbons (Fsp3) is 0.476. The number of methoxy groups -OCH3 is 1. The van der Waals surface area contributed by atoms with Crippen LogP contribution in [0.5, 0.6) is 5.75 Å². The second kappa shape index (κ2) is 7.55. The highest BCUT2D eigenvalue weighted by Crippen LogP contribution is 2.27. The molecule has 1 aliphatic carbocycles. The molecule has 1 saturated heterocycles. The molecule has 0 bridgehead atoms. The Kier molecular flexibility index (Phi) is 4.97. The first-order valence-corrected chi connectivity index (χ1v) is 9.68. The van der Waals surface area contributed by atoms with Gasteiger partial charge in [-0.1, -0.05) is 18.9 Å². The van der Waals surface area contributed by atoms with Crippen LogP contribution in [0, 0.1) is 5.92 Å². The van der Waals surface area contributed by atoms with Gasteiger partial charge in [-0.3, -0.25) is 9.59 Å². The molecule has 1 aromatic carbocycles. The molecular formula is C21H25N3O3. The molecule has 6 nitrogen and oxygen atoms in total. The van der Waals surface area contributed by atoms with Crippen LogP contribution < -0.4 is 4.74 Å². The van der Waals surface area contributed by atoms with Crippen molar-refractivity contribution in [3.05, 3.63) is 36.0 Å². The fourth-order valence-corrected chi connectivity index (χ4v) is 4.07. The van der Waals surface area contributed by atoms with Gasteiger partial charge in [-0.05, 0) is 37.1 Å². The largest absolute Gasteiger partial charge is 0.497 e. The maximum atomic E-state index is 12.8. The average molecular weight is 367 g/mol. The van der Waals surface area contributed by atoms with Crippen LogP contribution in [-0.2, 0) is 4.79 Å². The predicted octanol–water partition coefficient (Wildman–Crippen LogP) is 2.72. The van der Waals surface area contributed by atoms with Gasteiger partial charge >= 0.3 is 0 Å². The summed E-state index contributed by atoms with van der Waals surface area (Å²) >= 11 is 0. The van der Waals surface area contributed by atoms with Gasteiger partial charge in [0.25, 0.3) is 5.91 Å². The Labute approximate surface area is 159 Å². The van der Waals surface area contributed by atoms with Crippen LogP contribution in [0.3, 0.4) is 0 Å². The molecule has 142 valence electrons. The molecule has 4 rings (SSSR count). The lowest BCUT2D eigenvalue weighted by Crippen LogP contribution is -2.51. The van der Waals surface area contributed by atoms with Gasteiger partial charge < -0.3 is 14.5 Å². The van der Waals surface area contributed by atoms with Crippen molar-refractivity contribution in [1.29, 1.82) is 0 Å². The van der Waals surface area contributed by atoms with Crippen LogP contribution in [0.1, 0.15) is 36.2 Å². The van der Waals surface area contributed by atoms with Crippen LogP contribution in [-0.4, -0.2) is 59.9 Å². The Bertz CT molecular complexity index is 853. The number of piperazine rings is 1. The van der Waals surface area contributed by atoms with E-state index in [1.54, 1.807) is 18.1 Å². The number of pyridine rings is 1. The van der Waals surface area contributed by atoms with E-state index in [1.165, 1.54) is 0 Å². The molecule has 2 heterocycles. The molecular weight excluding hydrogens is 342 g/mol. The minimum absolute atomic E-state index is 0.0688. The van der Waals surface area contributed by atoms with Crippen molar-refractivity contribution >= 4 is 22.7 Å². The quantitative estimate of drug-likeness (QED) is 0.837. The van der Waals surface area contributed by atoms with Crippen LogP contribution in [0.15, 0.2) is 30.3 Å². The average Bonchev–Trinajstić information content (AvgIpc) is 3.27. The zero-order chi connectivity index (χ0) is 18.8. The van der Waals surface area contributed by atoms with E-state index < -0.39 is 0 Å². The van der Waals surface area contributed by atoms with E-state index in [0.29, 0.717) is 31.9 Å². The Hall–Kier alpha value is -2.63. The molecule has 1 aromatic heterocycles. The van der Waals surface area contributed by atoms with Gasteiger partial charge in [0.1, 0.15) is 11.4 Å².